The Morgan fingerprint density at radius 1 is 1.13 bits per heavy atom. The van der Waals surface area contributed by atoms with Crippen molar-refractivity contribution in [1.82, 2.24) is 5.32 Å². The Hall–Kier alpha value is -2.07. The molecule has 0 aromatic heterocycles. The van der Waals surface area contributed by atoms with Crippen LogP contribution in [0.5, 0.6) is 5.75 Å². The fraction of sp³-hybridized carbons (Fsp3) is 0.316. The summed E-state index contributed by atoms with van der Waals surface area (Å²) in [4.78, 5) is 0. The number of hydrogen-bond acceptors (Lipinski definition) is 2. The predicted molar refractivity (Wildman–Crippen MR) is 101 cm³/mol. The average Bonchev–Trinajstić information content (AvgIpc) is 2.55. The van der Waals surface area contributed by atoms with E-state index in [1.807, 2.05) is 12.1 Å². The van der Waals surface area contributed by atoms with Gasteiger partial charge in [0.15, 0.2) is 5.11 Å². The van der Waals surface area contributed by atoms with Crippen molar-refractivity contribution >= 4 is 23.0 Å². The van der Waals surface area contributed by atoms with Gasteiger partial charge in [0.2, 0.25) is 0 Å². The maximum Gasteiger partial charge on any atom is 0.171 e. The number of hydrogen-bond donors (Lipinski definition) is 2. The van der Waals surface area contributed by atoms with Gasteiger partial charge in [-0.3, -0.25) is 0 Å². The van der Waals surface area contributed by atoms with E-state index in [2.05, 4.69) is 61.7 Å². The summed E-state index contributed by atoms with van der Waals surface area (Å²) in [5, 5.41) is 7.32. The second-order valence-electron chi connectivity index (χ2n) is 5.65. The molecule has 1 unspecified atom stereocenters. The molecule has 0 fully saturated rings. The summed E-state index contributed by atoms with van der Waals surface area (Å²) < 4.78 is 5.21. The van der Waals surface area contributed by atoms with Gasteiger partial charge in [-0.05, 0) is 61.8 Å². The molecule has 0 amide bonds. The maximum absolute atomic E-state index is 5.47. The highest BCUT2D eigenvalue weighted by Crippen LogP contribution is 2.21. The average molecular weight is 328 g/mol. The van der Waals surface area contributed by atoms with Crippen LogP contribution in [-0.4, -0.2) is 12.2 Å². The molecule has 0 saturated heterocycles. The Morgan fingerprint density at radius 3 is 2.39 bits per heavy atom. The molecule has 2 N–H and O–H groups in total. The Bertz CT molecular complexity index is 668. The molecule has 3 nitrogen and oxygen atoms in total. The van der Waals surface area contributed by atoms with E-state index in [0.29, 0.717) is 5.11 Å². The van der Waals surface area contributed by atoms with Crippen molar-refractivity contribution in [3.05, 3.63) is 59.2 Å². The van der Waals surface area contributed by atoms with Crippen LogP contribution in [0.3, 0.4) is 0 Å². The lowest BCUT2D eigenvalue weighted by atomic mass is 10.0. The van der Waals surface area contributed by atoms with Crippen molar-refractivity contribution in [2.75, 3.05) is 12.4 Å². The number of methoxy groups -OCH3 is 1. The smallest absolute Gasteiger partial charge is 0.171 e. The molecule has 0 bridgehead atoms. The van der Waals surface area contributed by atoms with Gasteiger partial charge in [0.05, 0.1) is 13.2 Å². The molecule has 1 atom stereocenters. The summed E-state index contributed by atoms with van der Waals surface area (Å²) in [6, 6.07) is 14.5. The van der Waals surface area contributed by atoms with Crippen LogP contribution in [0.2, 0.25) is 0 Å². The van der Waals surface area contributed by atoms with Gasteiger partial charge in [-0.15, -0.1) is 0 Å². The highest BCUT2D eigenvalue weighted by molar-refractivity contribution is 7.80. The molecule has 4 heteroatoms. The third-order valence-corrected chi connectivity index (χ3v) is 4.08. The van der Waals surface area contributed by atoms with E-state index in [4.69, 9.17) is 17.0 Å². The standard InChI is InChI=1S/C19H24N2OS/c1-5-17(15-7-9-16(22-4)10-8-15)20-19(23)21-18-11-6-13(2)12-14(18)3/h6-12,17H,5H2,1-4H3,(H2,20,21,23). The van der Waals surface area contributed by atoms with E-state index >= 15 is 0 Å². The van der Waals surface area contributed by atoms with Crippen molar-refractivity contribution in [2.24, 2.45) is 0 Å². The van der Waals surface area contributed by atoms with Crippen molar-refractivity contribution < 1.29 is 4.74 Å². The van der Waals surface area contributed by atoms with Gasteiger partial charge in [-0.25, -0.2) is 0 Å². The summed E-state index contributed by atoms with van der Waals surface area (Å²) in [5.41, 5.74) is 4.67. The number of thiocarbonyl (C=S) groups is 1. The normalized spacial score (nSPS) is 11.7. The van der Waals surface area contributed by atoms with E-state index in [1.54, 1.807) is 7.11 Å². The molecule has 0 aliphatic carbocycles. The summed E-state index contributed by atoms with van der Waals surface area (Å²) in [6.07, 6.45) is 0.945. The molecule has 2 aromatic carbocycles. The van der Waals surface area contributed by atoms with Crippen molar-refractivity contribution in [1.29, 1.82) is 0 Å². The predicted octanol–water partition coefficient (Wildman–Crippen LogP) is 4.75. The minimum Gasteiger partial charge on any atom is -0.497 e. The zero-order valence-electron chi connectivity index (χ0n) is 14.1. The molecular weight excluding hydrogens is 304 g/mol. The monoisotopic (exact) mass is 328 g/mol. The fourth-order valence-electron chi connectivity index (χ4n) is 2.53. The zero-order chi connectivity index (χ0) is 16.8. The van der Waals surface area contributed by atoms with E-state index in [0.717, 1.165) is 17.9 Å². The van der Waals surface area contributed by atoms with Gasteiger partial charge in [0.25, 0.3) is 0 Å². The number of anilines is 1. The molecule has 23 heavy (non-hydrogen) atoms. The highest BCUT2D eigenvalue weighted by Gasteiger charge is 2.11. The Labute approximate surface area is 144 Å². The van der Waals surface area contributed by atoms with Gasteiger partial charge in [-0.2, -0.15) is 0 Å². The molecule has 0 radical (unpaired) electrons. The topological polar surface area (TPSA) is 33.3 Å². The first-order chi connectivity index (χ1) is 11.0. The quantitative estimate of drug-likeness (QED) is 0.776. The second kappa shape index (κ2) is 7.97. The van der Waals surface area contributed by atoms with Crippen LogP contribution in [0.25, 0.3) is 0 Å². The van der Waals surface area contributed by atoms with Crippen LogP contribution in [0.1, 0.15) is 36.1 Å². The van der Waals surface area contributed by atoms with Crippen LogP contribution < -0.4 is 15.4 Å². The van der Waals surface area contributed by atoms with E-state index < -0.39 is 0 Å². The zero-order valence-corrected chi connectivity index (χ0v) is 15.0. The largest absolute Gasteiger partial charge is 0.497 e. The van der Waals surface area contributed by atoms with E-state index in [9.17, 15) is 0 Å². The first-order valence-corrected chi connectivity index (χ1v) is 8.23. The summed E-state index contributed by atoms with van der Waals surface area (Å²) in [7, 11) is 1.67. The third-order valence-electron chi connectivity index (χ3n) is 3.86. The number of nitrogens with one attached hydrogen (secondary N) is 2. The lowest BCUT2D eigenvalue weighted by Gasteiger charge is -2.21. The Kier molecular flexibility index (Phi) is 5.99. The SMILES string of the molecule is CCC(NC(=S)Nc1ccc(C)cc1C)c1ccc(OC)cc1. The van der Waals surface area contributed by atoms with Crippen LogP contribution in [-0.2, 0) is 0 Å². The maximum atomic E-state index is 5.47. The number of ether oxygens (including phenoxy) is 1. The van der Waals surface area contributed by atoms with Crippen LogP contribution in [0, 0.1) is 13.8 Å². The first kappa shape index (κ1) is 17.3. The molecule has 2 aromatic rings. The Balaban J connectivity index is 2.04. The number of benzene rings is 2. The summed E-state index contributed by atoms with van der Waals surface area (Å²) >= 11 is 5.47. The van der Waals surface area contributed by atoms with Crippen molar-refractivity contribution in [2.45, 2.75) is 33.2 Å². The summed E-state index contributed by atoms with van der Waals surface area (Å²) in [6.45, 7) is 6.31. The van der Waals surface area contributed by atoms with E-state index in [1.165, 1.54) is 16.7 Å². The van der Waals surface area contributed by atoms with E-state index in [-0.39, 0.29) is 6.04 Å². The molecule has 122 valence electrons. The van der Waals surface area contributed by atoms with Crippen molar-refractivity contribution in [3.63, 3.8) is 0 Å². The number of rotatable bonds is 5. The van der Waals surface area contributed by atoms with Gasteiger partial charge in [0.1, 0.15) is 5.75 Å². The first-order valence-electron chi connectivity index (χ1n) is 7.82. The molecule has 2 rings (SSSR count). The number of aryl methyl sites for hydroxylation is 2. The van der Waals surface area contributed by atoms with Gasteiger partial charge < -0.3 is 15.4 Å². The van der Waals surface area contributed by atoms with Crippen LogP contribution >= 0.6 is 12.2 Å². The molecule has 0 saturated carbocycles. The second-order valence-corrected chi connectivity index (χ2v) is 6.06. The Morgan fingerprint density at radius 2 is 1.83 bits per heavy atom. The molecule has 0 heterocycles. The third kappa shape index (κ3) is 4.70. The molecular formula is C19H24N2OS. The van der Waals surface area contributed by atoms with Crippen LogP contribution in [0.4, 0.5) is 5.69 Å². The minimum atomic E-state index is 0.173. The van der Waals surface area contributed by atoms with Gasteiger partial charge in [0, 0.05) is 5.69 Å². The van der Waals surface area contributed by atoms with Gasteiger partial charge >= 0.3 is 0 Å². The summed E-state index contributed by atoms with van der Waals surface area (Å²) in [5.74, 6) is 0.861. The van der Waals surface area contributed by atoms with Crippen molar-refractivity contribution in [3.8, 4) is 5.75 Å². The highest BCUT2D eigenvalue weighted by atomic mass is 32.1. The lowest BCUT2D eigenvalue weighted by Crippen LogP contribution is -2.32. The lowest BCUT2D eigenvalue weighted by molar-refractivity contribution is 0.414. The fourth-order valence-corrected chi connectivity index (χ4v) is 2.78. The molecule has 0 aliphatic rings. The van der Waals surface area contributed by atoms with Crippen LogP contribution in [0.15, 0.2) is 42.5 Å². The van der Waals surface area contributed by atoms with Gasteiger partial charge in [-0.1, -0.05) is 36.8 Å². The minimum absolute atomic E-state index is 0.173. The molecule has 0 spiro atoms. The molecule has 0 aliphatic heterocycles.